The topological polar surface area (TPSA) is 41.7 Å². The van der Waals surface area contributed by atoms with Crippen LogP contribution >= 0.6 is 0 Å². The van der Waals surface area contributed by atoms with Crippen LogP contribution in [-0.2, 0) is 6.42 Å². The van der Waals surface area contributed by atoms with Gasteiger partial charge in [0, 0.05) is 31.7 Å². The predicted molar refractivity (Wildman–Crippen MR) is 78.6 cm³/mol. The summed E-state index contributed by atoms with van der Waals surface area (Å²) in [6.45, 7) is 3.24. The number of methoxy groups -OCH3 is 1. The first-order valence-electron chi connectivity index (χ1n) is 6.88. The molecule has 0 aromatic heterocycles. The molecule has 0 amide bonds. The van der Waals surface area contributed by atoms with Gasteiger partial charge in [0.2, 0.25) is 0 Å². The van der Waals surface area contributed by atoms with Gasteiger partial charge in [0.15, 0.2) is 0 Å². The van der Waals surface area contributed by atoms with E-state index < -0.39 is 0 Å². The second kappa shape index (κ2) is 6.37. The zero-order valence-electron chi connectivity index (χ0n) is 12.2. The molecule has 1 aromatic rings. The van der Waals surface area contributed by atoms with Crippen molar-refractivity contribution in [3.63, 3.8) is 0 Å². The van der Waals surface area contributed by atoms with Gasteiger partial charge in [-0.3, -0.25) is 4.90 Å². The second-order valence-corrected chi connectivity index (χ2v) is 5.49. The molecule has 1 aliphatic heterocycles. The molecule has 1 fully saturated rings. The van der Waals surface area contributed by atoms with Crippen molar-refractivity contribution in [2.45, 2.75) is 18.5 Å². The number of para-hydroxylation sites is 1. The number of hydrogen-bond acceptors (Lipinski definition) is 4. The van der Waals surface area contributed by atoms with Gasteiger partial charge >= 0.3 is 0 Å². The summed E-state index contributed by atoms with van der Waals surface area (Å²) in [5.74, 6) is 0.935. The second-order valence-electron chi connectivity index (χ2n) is 5.49. The predicted octanol–water partition coefficient (Wildman–Crippen LogP) is 0.811. The third-order valence-corrected chi connectivity index (χ3v) is 4.04. The molecule has 1 aliphatic rings. The summed E-state index contributed by atoms with van der Waals surface area (Å²) < 4.78 is 5.40. The highest BCUT2D eigenvalue weighted by Crippen LogP contribution is 2.21. The summed E-state index contributed by atoms with van der Waals surface area (Å²) in [6, 6.07) is 8.67. The largest absolute Gasteiger partial charge is 0.496 e. The van der Waals surface area contributed by atoms with Gasteiger partial charge in [-0.15, -0.1) is 0 Å². The van der Waals surface area contributed by atoms with Crippen molar-refractivity contribution in [1.82, 2.24) is 9.80 Å². The van der Waals surface area contributed by atoms with Gasteiger partial charge in [0.05, 0.1) is 7.11 Å². The van der Waals surface area contributed by atoms with E-state index in [9.17, 15) is 0 Å². The number of likely N-dealkylation sites (N-methyl/N-ethyl adjacent to an activating group) is 2. The van der Waals surface area contributed by atoms with Crippen LogP contribution in [0.3, 0.4) is 0 Å². The molecule has 19 heavy (non-hydrogen) atoms. The molecule has 0 aliphatic carbocycles. The molecule has 2 N–H and O–H groups in total. The fourth-order valence-corrected chi connectivity index (χ4v) is 2.77. The van der Waals surface area contributed by atoms with Gasteiger partial charge in [-0.1, -0.05) is 18.2 Å². The summed E-state index contributed by atoms with van der Waals surface area (Å²) in [6.07, 6.45) is 0.854. The molecule has 2 atom stereocenters. The molecule has 1 aromatic carbocycles. The molecule has 0 radical (unpaired) electrons. The normalized spacial score (nSPS) is 23.3. The smallest absolute Gasteiger partial charge is 0.122 e. The highest BCUT2D eigenvalue weighted by Gasteiger charge is 2.28. The number of ether oxygens (including phenoxy) is 1. The van der Waals surface area contributed by atoms with Crippen molar-refractivity contribution in [3.8, 4) is 5.75 Å². The van der Waals surface area contributed by atoms with Crippen LogP contribution in [-0.4, -0.2) is 62.7 Å². The van der Waals surface area contributed by atoms with Crippen LogP contribution in [0.4, 0.5) is 0 Å². The molecule has 4 heteroatoms. The van der Waals surface area contributed by atoms with E-state index >= 15 is 0 Å². The highest BCUT2D eigenvalue weighted by molar-refractivity contribution is 5.34. The third kappa shape index (κ3) is 3.47. The SMILES string of the molecule is COc1ccccc1CC(N)C1CN(C)CCN1C. The summed E-state index contributed by atoms with van der Waals surface area (Å²) in [7, 11) is 6.04. The molecular formula is C15H25N3O. The fraction of sp³-hybridized carbons (Fsp3) is 0.600. The summed E-state index contributed by atoms with van der Waals surface area (Å²) in [5.41, 5.74) is 7.63. The summed E-state index contributed by atoms with van der Waals surface area (Å²) in [5, 5.41) is 0. The molecule has 2 rings (SSSR count). The Morgan fingerprint density at radius 2 is 2.05 bits per heavy atom. The van der Waals surface area contributed by atoms with Gasteiger partial charge in [-0.25, -0.2) is 0 Å². The van der Waals surface area contributed by atoms with Crippen LogP contribution in [0.1, 0.15) is 5.56 Å². The van der Waals surface area contributed by atoms with Crippen LogP contribution in [0.2, 0.25) is 0 Å². The van der Waals surface area contributed by atoms with Crippen LogP contribution in [0.5, 0.6) is 5.75 Å². The molecule has 106 valence electrons. The molecule has 4 nitrogen and oxygen atoms in total. The Morgan fingerprint density at radius 1 is 1.32 bits per heavy atom. The Hall–Kier alpha value is -1.10. The Balaban J connectivity index is 2.05. The van der Waals surface area contributed by atoms with Gasteiger partial charge in [-0.2, -0.15) is 0 Å². The highest BCUT2D eigenvalue weighted by atomic mass is 16.5. The lowest BCUT2D eigenvalue weighted by atomic mass is 9.97. The van der Waals surface area contributed by atoms with Crippen molar-refractivity contribution in [2.24, 2.45) is 5.73 Å². The van der Waals surface area contributed by atoms with E-state index in [2.05, 4.69) is 30.0 Å². The molecule has 0 spiro atoms. The number of benzene rings is 1. The van der Waals surface area contributed by atoms with E-state index in [1.807, 2.05) is 18.2 Å². The first-order chi connectivity index (χ1) is 9.11. The number of hydrogen-bond donors (Lipinski definition) is 1. The lowest BCUT2D eigenvalue weighted by Gasteiger charge is -2.40. The summed E-state index contributed by atoms with van der Waals surface area (Å²) in [4.78, 5) is 4.73. The minimum Gasteiger partial charge on any atom is -0.496 e. The van der Waals surface area contributed by atoms with E-state index in [1.165, 1.54) is 5.56 Å². The number of nitrogens with zero attached hydrogens (tertiary/aromatic N) is 2. The Kier molecular flexibility index (Phi) is 4.80. The maximum Gasteiger partial charge on any atom is 0.122 e. The van der Waals surface area contributed by atoms with Crippen molar-refractivity contribution in [3.05, 3.63) is 29.8 Å². The van der Waals surface area contributed by atoms with Crippen LogP contribution in [0.15, 0.2) is 24.3 Å². The standard InChI is InChI=1S/C15H25N3O/c1-17-8-9-18(2)14(11-17)13(16)10-12-6-4-5-7-15(12)19-3/h4-7,13-14H,8-11,16H2,1-3H3. The maximum absolute atomic E-state index is 6.43. The Morgan fingerprint density at radius 3 is 2.79 bits per heavy atom. The summed E-state index contributed by atoms with van der Waals surface area (Å²) >= 11 is 0. The Labute approximate surface area is 116 Å². The first kappa shape index (κ1) is 14.3. The van der Waals surface area contributed by atoms with Gasteiger partial charge in [0.1, 0.15) is 5.75 Å². The lowest BCUT2D eigenvalue weighted by Crippen LogP contribution is -2.58. The number of piperazine rings is 1. The minimum atomic E-state index is 0.129. The van der Waals surface area contributed by atoms with Gasteiger partial charge in [0.25, 0.3) is 0 Å². The molecule has 1 heterocycles. The molecule has 0 saturated carbocycles. The van der Waals surface area contributed by atoms with E-state index in [0.717, 1.165) is 31.8 Å². The molecular weight excluding hydrogens is 238 g/mol. The van der Waals surface area contributed by atoms with E-state index in [0.29, 0.717) is 6.04 Å². The minimum absolute atomic E-state index is 0.129. The number of rotatable bonds is 4. The van der Waals surface area contributed by atoms with Crippen molar-refractivity contribution in [2.75, 3.05) is 40.8 Å². The zero-order chi connectivity index (χ0) is 13.8. The molecule has 0 bridgehead atoms. The molecule has 1 saturated heterocycles. The van der Waals surface area contributed by atoms with Crippen LogP contribution < -0.4 is 10.5 Å². The third-order valence-electron chi connectivity index (χ3n) is 4.04. The maximum atomic E-state index is 6.43. The van der Waals surface area contributed by atoms with Gasteiger partial charge in [-0.05, 0) is 32.1 Å². The lowest BCUT2D eigenvalue weighted by molar-refractivity contribution is 0.0972. The average Bonchev–Trinajstić information content (AvgIpc) is 2.42. The van der Waals surface area contributed by atoms with Gasteiger partial charge < -0.3 is 15.4 Å². The Bertz CT molecular complexity index is 410. The molecule has 2 unspecified atom stereocenters. The number of nitrogens with two attached hydrogens (primary N) is 1. The van der Waals surface area contributed by atoms with E-state index in [-0.39, 0.29) is 6.04 Å². The first-order valence-corrected chi connectivity index (χ1v) is 6.88. The van der Waals surface area contributed by atoms with Crippen molar-refractivity contribution >= 4 is 0 Å². The van der Waals surface area contributed by atoms with Crippen LogP contribution in [0, 0.1) is 0 Å². The monoisotopic (exact) mass is 263 g/mol. The van der Waals surface area contributed by atoms with Crippen LogP contribution in [0.25, 0.3) is 0 Å². The fourth-order valence-electron chi connectivity index (χ4n) is 2.77. The quantitative estimate of drug-likeness (QED) is 0.873. The average molecular weight is 263 g/mol. The zero-order valence-corrected chi connectivity index (χ0v) is 12.2. The van der Waals surface area contributed by atoms with E-state index in [4.69, 9.17) is 10.5 Å². The van der Waals surface area contributed by atoms with E-state index in [1.54, 1.807) is 7.11 Å². The van der Waals surface area contributed by atoms with Crippen molar-refractivity contribution in [1.29, 1.82) is 0 Å². The van der Waals surface area contributed by atoms with Crippen molar-refractivity contribution < 1.29 is 4.74 Å².